The van der Waals surface area contributed by atoms with Gasteiger partial charge in [0.25, 0.3) is 0 Å². The molecular formula is C19H28N2O3. The van der Waals surface area contributed by atoms with E-state index < -0.39 is 0 Å². The molecule has 0 spiro atoms. The van der Waals surface area contributed by atoms with Crippen molar-refractivity contribution in [2.24, 2.45) is 0 Å². The molecule has 1 aromatic rings. The van der Waals surface area contributed by atoms with Gasteiger partial charge in [-0.2, -0.15) is 0 Å². The van der Waals surface area contributed by atoms with E-state index in [1.165, 1.54) is 24.0 Å². The van der Waals surface area contributed by atoms with Gasteiger partial charge in [-0.1, -0.05) is 0 Å². The molecule has 0 amide bonds. The number of nitrogens with zero attached hydrogens (tertiary/aromatic N) is 1. The Hall–Kier alpha value is -1.30. The van der Waals surface area contributed by atoms with E-state index in [1.54, 1.807) is 7.11 Å². The number of methoxy groups -OCH3 is 1. The molecule has 1 saturated carbocycles. The summed E-state index contributed by atoms with van der Waals surface area (Å²) in [4.78, 5) is 2.59. The largest absolute Gasteiger partial charge is 0.497 e. The maximum Gasteiger partial charge on any atom is 0.127 e. The molecular weight excluding hydrogens is 304 g/mol. The Morgan fingerprint density at radius 1 is 1.33 bits per heavy atom. The van der Waals surface area contributed by atoms with Gasteiger partial charge in [0.2, 0.25) is 0 Å². The minimum Gasteiger partial charge on any atom is -0.497 e. The lowest BCUT2D eigenvalue weighted by Crippen LogP contribution is -2.47. The lowest BCUT2D eigenvalue weighted by atomic mass is 10.1. The van der Waals surface area contributed by atoms with Crippen LogP contribution < -0.4 is 14.8 Å². The van der Waals surface area contributed by atoms with Crippen LogP contribution in [0.4, 0.5) is 0 Å². The van der Waals surface area contributed by atoms with Crippen LogP contribution in [0.5, 0.6) is 11.5 Å². The molecule has 0 radical (unpaired) electrons. The van der Waals surface area contributed by atoms with E-state index in [1.807, 2.05) is 0 Å². The summed E-state index contributed by atoms with van der Waals surface area (Å²) in [5.74, 6) is 1.96. The van der Waals surface area contributed by atoms with E-state index in [4.69, 9.17) is 14.2 Å². The Morgan fingerprint density at radius 2 is 2.21 bits per heavy atom. The van der Waals surface area contributed by atoms with Crippen LogP contribution in [0.15, 0.2) is 12.1 Å². The minimum atomic E-state index is 0.250. The fourth-order valence-corrected chi connectivity index (χ4v) is 3.83. The molecule has 3 aliphatic rings. The minimum absolute atomic E-state index is 0.250. The van der Waals surface area contributed by atoms with E-state index >= 15 is 0 Å². The third-order valence-corrected chi connectivity index (χ3v) is 5.20. The molecule has 0 bridgehead atoms. The van der Waals surface area contributed by atoms with Crippen molar-refractivity contribution in [2.45, 2.75) is 51.0 Å². The summed E-state index contributed by atoms with van der Waals surface area (Å²) in [6.07, 6.45) is 4.23. The topological polar surface area (TPSA) is 43.0 Å². The van der Waals surface area contributed by atoms with E-state index in [-0.39, 0.29) is 12.2 Å². The average Bonchev–Trinajstić information content (AvgIpc) is 3.36. The van der Waals surface area contributed by atoms with Gasteiger partial charge in [-0.3, -0.25) is 4.90 Å². The molecule has 5 heteroatoms. The monoisotopic (exact) mass is 332 g/mol. The summed E-state index contributed by atoms with van der Waals surface area (Å²) >= 11 is 0. The molecule has 1 N–H and O–H groups in total. The lowest BCUT2D eigenvalue weighted by Gasteiger charge is -2.33. The maximum absolute atomic E-state index is 6.00. The van der Waals surface area contributed by atoms with Crippen molar-refractivity contribution in [3.63, 3.8) is 0 Å². The summed E-state index contributed by atoms with van der Waals surface area (Å²) in [5, 5.41) is 3.56. The fourth-order valence-electron chi connectivity index (χ4n) is 3.83. The Morgan fingerprint density at radius 3 is 3.00 bits per heavy atom. The first-order valence-electron chi connectivity index (χ1n) is 9.15. The zero-order chi connectivity index (χ0) is 16.5. The molecule has 2 fully saturated rings. The van der Waals surface area contributed by atoms with Crippen molar-refractivity contribution < 1.29 is 14.2 Å². The zero-order valence-corrected chi connectivity index (χ0v) is 14.7. The highest BCUT2D eigenvalue weighted by Crippen LogP contribution is 2.36. The van der Waals surface area contributed by atoms with Crippen molar-refractivity contribution in [1.82, 2.24) is 10.2 Å². The second-order valence-corrected chi connectivity index (χ2v) is 7.26. The predicted octanol–water partition coefficient (Wildman–Crippen LogP) is 1.97. The molecule has 1 aliphatic carbocycles. The van der Waals surface area contributed by atoms with Gasteiger partial charge in [-0.05, 0) is 31.9 Å². The maximum atomic E-state index is 6.00. The average molecular weight is 332 g/mol. The highest BCUT2D eigenvalue weighted by Gasteiger charge is 2.32. The number of hydrogen-bond acceptors (Lipinski definition) is 5. The van der Waals surface area contributed by atoms with E-state index in [9.17, 15) is 0 Å². The van der Waals surface area contributed by atoms with E-state index in [2.05, 4.69) is 29.3 Å². The van der Waals surface area contributed by atoms with Crippen molar-refractivity contribution in [3.8, 4) is 11.5 Å². The number of benzene rings is 1. The summed E-state index contributed by atoms with van der Waals surface area (Å²) in [6.45, 7) is 6.79. The second kappa shape index (κ2) is 6.90. The summed E-state index contributed by atoms with van der Waals surface area (Å²) in [5.41, 5.74) is 2.44. The van der Waals surface area contributed by atoms with E-state index in [0.717, 1.165) is 56.7 Å². The third-order valence-electron chi connectivity index (χ3n) is 5.20. The Bertz CT molecular complexity index is 588. The van der Waals surface area contributed by atoms with Crippen LogP contribution in [0.1, 0.15) is 30.9 Å². The first-order valence-corrected chi connectivity index (χ1v) is 9.15. The molecule has 0 unspecified atom stereocenters. The van der Waals surface area contributed by atoms with E-state index in [0.29, 0.717) is 0 Å². The quantitative estimate of drug-likeness (QED) is 0.863. The van der Waals surface area contributed by atoms with Crippen LogP contribution in [0.2, 0.25) is 0 Å². The predicted molar refractivity (Wildman–Crippen MR) is 92.8 cm³/mol. The fraction of sp³-hybridized carbons (Fsp3) is 0.684. The summed E-state index contributed by atoms with van der Waals surface area (Å²) in [6, 6.07) is 5.01. The molecule has 4 rings (SSSR count). The third kappa shape index (κ3) is 3.53. The van der Waals surface area contributed by atoms with Crippen LogP contribution in [0.25, 0.3) is 0 Å². The number of nitrogens with one attached hydrogen (secondary N) is 1. The van der Waals surface area contributed by atoms with Crippen molar-refractivity contribution in [3.05, 3.63) is 23.3 Å². The van der Waals surface area contributed by atoms with Crippen LogP contribution in [-0.2, 0) is 17.7 Å². The standard InChI is InChI=1S/C19H28N2O3/c1-13-7-14-8-17(22-2)9-15(19(14)24-13)10-20-11-18-12-21(5-6-23-18)16-3-4-16/h8-9,13,16,18,20H,3-7,10-12H2,1-2H3/t13-,18+/m0/s1. The lowest BCUT2D eigenvalue weighted by molar-refractivity contribution is -0.0301. The second-order valence-electron chi connectivity index (χ2n) is 7.26. The molecule has 1 saturated heterocycles. The molecule has 5 nitrogen and oxygen atoms in total. The van der Waals surface area contributed by atoms with Crippen molar-refractivity contribution >= 4 is 0 Å². The summed E-state index contributed by atoms with van der Waals surface area (Å²) < 4.78 is 17.4. The van der Waals surface area contributed by atoms with Crippen LogP contribution in [0, 0.1) is 0 Å². The van der Waals surface area contributed by atoms with Gasteiger partial charge in [0.15, 0.2) is 0 Å². The highest BCUT2D eigenvalue weighted by molar-refractivity contribution is 5.49. The van der Waals surface area contributed by atoms with Gasteiger partial charge in [-0.25, -0.2) is 0 Å². The molecule has 2 atom stereocenters. The van der Waals surface area contributed by atoms with Gasteiger partial charge >= 0.3 is 0 Å². The Kier molecular flexibility index (Phi) is 4.66. The normalized spacial score (nSPS) is 26.9. The first-order chi connectivity index (χ1) is 11.7. The zero-order valence-electron chi connectivity index (χ0n) is 14.7. The van der Waals surface area contributed by atoms with Crippen LogP contribution in [-0.4, -0.2) is 56.5 Å². The van der Waals surface area contributed by atoms with Gasteiger partial charge in [0, 0.05) is 49.8 Å². The number of hydrogen-bond donors (Lipinski definition) is 1. The molecule has 132 valence electrons. The van der Waals surface area contributed by atoms with Crippen molar-refractivity contribution in [2.75, 3.05) is 33.4 Å². The summed E-state index contributed by atoms with van der Waals surface area (Å²) in [7, 11) is 1.72. The molecule has 1 aromatic carbocycles. The van der Waals surface area contributed by atoms with Gasteiger partial charge in [0.05, 0.1) is 19.8 Å². The smallest absolute Gasteiger partial charge is 0.127 e. The molecule has 24 heavy (non-hydrogen) atoms. The molecule has 2 aliphatic heterocycles. The van der Waals surface area contributed by atoms with Crippen LogP contribution >= 0.6 is 0 Å². The number of rotatable bonds is 6. The highest BCUT2D eigenvalue weighted by atomic mass is 16.5. The Labute approximate surface area is 144 Å². The number of ether oxygens (including phenoxy) is 3. The Balaban J connectivity index is 1.35. The van der Waals surface area contributed by atoms with Gasteiger partial charge in [0.1, 0.15) is 17.6 Å². The molecule has 0 aromatic heterocycles. The SMILES string of the molecule is COc1cc(CNC[C@@H]2CN(C3CC3)CCO2)c2c(c1)C[C@H](C)O2. The number of morpholine rings is 1. The van der Waals surface area contributed by atoms with Gasteiger partial charge in [-0.15, -0.1) is 0 Å². The van der Waals surface area contributed by atoms with Crippen molar-refractivity contribution in [1.29, 1.82) is 0 Å². The molecule has 2 heterocycles. The first kappa shape index (κ1) is 16.2. The van der Waals surface area contributed by atoms with Crippen LogP contribution in [0.3, 0.4) is 0 Å². The number of fused-ring (bicyclic) bond motifs is 1. The van der Waals surface area contributed by atoms with Gasteiger partial charge < -0.3 is 19.5 Å².